The maximum atomic E-state index is 12.4. The standard InChI is InChI=1S/C20H24ClNO5/c1-12-8-15(21)6-7-16(12)27-13(2)20(23)22-11-14-9-18(25-4)19(26-5)10-17(14)24-3/h6-10,13H,11H2,1-5H3,(H,22,23)/t13-/m0/s1. The van der Waals surface area contributed by atoms with Gasteiger partial charge in [-0.2, -0.15) is 0 Å². The number of methoxy groups -OCH3 is 3. The molecule has 0 aliphatic carbocycles. The molecule has 7 heteroatoms. The van der Waals surface area contributed by atoms with E-state index in [2.05, 4.69) is 5.32 Å². The van der Waals surface area contributed by atoms with Gasteiger partial charge < -0.3 is 24.3 Å². The maximum Gasteiger partial charge on any atom is 0.261 e. The molecule has 0 aliphatic rings. The molecule has 0 saturated heterocycles. The summed E-state index contributed by atoms with van der Waals surface area (Å²) in [5.74, 6) is 2.07. The number of halogens is 1. The summed E-state index contributed by atoms with van der Waals surface area (Å²) in [5, 5.41) is 3.47. The van der Waals surface area contributed by atoms with Crippen molar-refractivity contribution in [3.8, 4) is 23.0 Å². The first-order chi connectivity index (χ1) is 12.9. The summed E-state index contributed by atoms with van der Waals surface area (Å²) < 4.78 is 21.7. The quantitative estimate of drug-likeness (QED) is 0.739. The zero-order chi connectivity index (χ0) is 20.0. The Kier molecular flexibility index (Phi) is 7.19. The third-order valence-electron chi connectivity index (χ3n) is 4.05. The Hall–Kier alpha value is -2.60. The Balaban J connectivity index is 2.05. The van der Waals surface area contributed by atoms with Gasteiger partial charge in [-0.3, -0.25) is 4.79 Å². The van der Waals surface area contributed by atoms with Crippen LogP contribution in [-0.2, 0) is 11.3 Å². The van der Waals surface area contributed by atoms with Crippen LogP contribution < -0.4 is 24.3 Å². The third kappa shape index (κ3) is 5.20. The number of benzene rings is 2. The molecule has 2 aromatic carbocycles. The van der Waals surface area contributed by atoms with Gasteiger partial charge >= 0.3 is 0 Å². The van der Waals surface area contributed by atoms with E-state index in [1.54, 1.807) is 58.6 Å². The van der Waals surface area contributed by atoms with E-state index in [0.717, 1.165) is 11.1 Å². The molecule has 27 heavy (non-hydrogen) atoms. The molecule has 2 rings (SSSR count). The molecule has 6 nitrogen and oxygen atoms in total. The summed E-state index contributed by atoms with van der Waals surface area (Å²) >= 11 is 5.94. The predicted molar refractivity (Wildman–Crippen MR) is 104 cm³/mol. The number of aryl methyl sites for hydroxylation is 1. The van der Waals surface area contributed by atoms with E-state index in [4.69, 9.17) is 30.5 Å². The predicted octanol–water partition coefficient (Wildman–Crippen LogP) is 3.76. The first kappa shape index (κ1) is 20.7. The van der Waals surface area contributed by atoms with Crippen LogP contribution in [0.4, 0.5) is 0 Å². The molecule has 0 fully saturated rings. The van der Waals surface area contributed by atoms with Crippen molar-refractivity contribution in [1.29, 1.82) is 0 Å². The van der Waals surface area contributed by atoms with Gasteiger partial charge in [-0.25, -0.2) is 0 Å². The van der Waals surface area contributed by atoms with Crippen LogP contribution in [0, 0.1) is 6.92 Å². The highest BCUT2D eigenvalue weighted by Gasteiger charge is 2.17. The molecule has 0 aromatic heterocycles. The Morgan fingerprint density at radius 1 is 1.00 bits per heavy atom. The first-order valence-electron chi connectivity index (χ1n) is 8.39. The number of ether oxygens (including phenoxy) is 4. The molecule has 0 unspecified atom stereocenters. The molecular weight excluding hydrogens is 370 g/mol. The number of hydrogen-bond donors (Lipinski definition) is 1. The fourth-order valence-corrected chi connectivity index (χ4v) is 2.77. The van der Waals surface area contributed by atoms with Crippen molar-refractivity contribution >= 4 is 17.5 Å². The molecule has 0 aliphatic heterocycles. The Morgan fingerprint density at radius 2 is 1.63 bits per heavy atom. The van der Waals surface area contributed by atoms with Gasteiger partial charge in [0.2, 0.25) is 0 Å². The summed E-state index contributed by atoms with van der Waals surface area (Å²) in [6.45, 7) is 3.82. The zero-order valence-corrected chi connectivity index (χ0v) is 16.8. The van der Waals surface area contributed by atoms with Gasteiger partial charge in [0, 0.05) is 23.2 Å². The highest BCUT2D eigenvalue weighted by molar-refractivity contribution is 6.30. The number of carbonyl (C=O) groups excluding carboxylic acids is 1. The summed E-state index contributed by atoms with van der Waals surface area (Å²) in [6, 6.07) is 8.75. The van der Waals surface area contributed by atoms with E-state index in [1.165, 1.54) is 0 Å². The number of carbonyl (C=O) groups is 1. The molecule has 0 radical (unpaired) electrons. The van der Waals surface area contributed by atoms with Crippen LogP contribution in [0.3, 0.4) is 0 Å². The van der Waals surface area contributed by atoms with Crippen molar-refractivity contribution in [2.24, 2.45) is 0 Å². The van der Waals surface area contributed by atoms with Crippen molar-refractivity contribution in [1.82, 2.24) is 5.32 Å². The number of nitrogens with one attached hydrogen (secondary N) is 1. The minimum absolute atomic E-state index is 0.249. The SMILES string of the molecule is COc1cc(OC)c(OC)cc1CNC(=O)[C@H](C)Oc1ccc(Cl)cc1C. The topological polar surface area (TPSA) is 66.0 Å². The van der Waals surface area contributed by atoms with E-state index >= 15 is 0 Å². The van der Waals surface area contributed by atoms with Gasteiger partial charge in [0.25, 0.3) is 5.91 Å². The van der Waals surface area contributed by atoms with E-state index < -0.39 is 6.10 Å². The lowest BCUT2D eigenvalue weighted by Gasteiger charge is -2.18. The summed E-state index contributed by atoms with van der Waals surface area (Å²) in [4.78, 5) is 12.4. The molecule has 0 saturated carbocycles. The van der Waals surface area contributed by atoms with Crippen LogP contribution in [0.2, 0.25) is 5.02 Å². The van der Waals surface area contributed by atoms with E-state index in [0.29, 0.717) is 28.0 Å². The minimum atomic E-state index is -0.670. The van der Waals surface area contributed by atoms with E-state index in [-0.39, 0.29) is 12.5 Å². The molecule has 1 amide bonds. The van der Waals surface area contributed by atoms with Crippen molar-refractivity contribution in [2.75, 3.05) is 21.3 Å². The van der Waals surface area contributed by atoms with Gasteiger partial charge in [0.15, 0.2) is 17.6 Å². The second kappa shape index (κ2) is 9.37. The van der Waals surface area contributed by atoms with Gasteiger partial charge in [0.1, 0.15) is 11.5 Å². The summed E-state index contributed by atoms with van der Waals surface area (Å²) in [7, 11) is 4.66. The molecule has 0 spiro atoms. The number of amides is 1. The van der Waals surface area contributed by atoms with Crippen molar-refractivity contribution < 1.29 is 23.7 Å². The molecule has 2 aromatic rings. The average Bonchev–Trinajstić information content (AvgIpc) is 2.67. The minimum Gasteiger partial charge on any atom is -0.496 e. The smallest absolute Gasteiger partial charge is 0.261 e. The monoisotopic (exact) mass is 393 g/mol. The number of rotatable bonds is 8. The number of hydrogen-bond acceptors (Lipinski definition) is 5. The van der Waals surface area contributed by atoms with Crippen LogP contribution in [0.15, 0.2) is 30.3 Å². The molecule has 1 atom stereocenters. The van der Waals surface area contributed by atoms with Gasteiger partial charge in [-0.05, 0) is 43.7 Å². The van der Waals surface area contributed by atoms with Gasteiger partial charge in [-0.15, -0.1) is 0 Å². The van der Waals surface area contributed by atoms with E-state index in [1.807, 2.05) is 6.92 Å². The largest absolute Gasteiger partial charge is 0.496 e. The second-order valence-corrected chi connectivity index (χ2v) is 6.34. The van der Waals surface area contributed by atoms with Crippen LogP contribution in [0.1, 0.15) is 18.1 Å². The lowest BCUT2D eigenvalue weighted by Crippen LogP contribution is -2.36. The zero-order valence-electron chi connectivity index (χ0n) is 16.1. The molecule has 1 N–H and O–H groups in total. The van der Waals surface area contributed by atoms with E-state index in [9.17, 15) is 4.79 Å². The fourth-order valence-electron chi connectivity index (χ4n) is 2.55. The molecule has 146 valence electrons. The lowest BCUT2D eigenvalue weighted by molar-refractivity contribution is -0.127. The molecule has 0 heterocycles. The second-order valence-electron chi connectivity index (χ2n) is 5.91. The third-order valence-corrected chi connectivity index (χ3v) is 4.28. The normalized spacial score (nSPS) is 11.5. The summed E-state index contributed by atoms with van der Waals surface area (Å²) in [5.41, 5.74) is 1.63. The highest BCUT2D eigenvalue weighted by Crippen LogP contribution is 2.34. The van der Waals surface area contributed by atoms with Crippen LogP contribution in [-0.4, -0.2) is 33.3 Å². The summed E-state index contributed by atoms with van der Waals surface area (Å²) in [6.07, 6.45) is -0.670. The van der Waals surface area contributed by atoms with Crippen molar-refractivity contribution in [3.63, 3.8) is 0 Å². The first-order valence-corrected chi connectivity index (χ1v) is 8.76. The maximum absolute atomic E-state index is 12.4. The van der Waals surface area contributed by atoms with Crippen LogP contribution >= 0.6 is 11.6 Å². The van der Waals surface area contributed by atoms with Gasteiger partial charge in [0.05, 0.1) is 21.3 Å². The van der Waals surface area contributed by atoms with Crippen molar-refractivity contribution in [3.05, 3.63) is 46.5 Å². The van der Waals surface area contributed by atoms with Crippen LogP contribution in [0.5, 0.6) is 23.0 Å². The van der Waals surface area contributed by atoms with Crippen LogP contribution in [0.25, 0.3) is 0 Å². The average molecular weight is 394 g/mol. The molecular formula is C20H24ClNO5. The fraction of sp³-hybridized carbons (Fsp3) is 0.350. The Morgan fingerprint density at radius 3 is 2.22 bits per heavy atom. The Bertz CT molecular complexity index is 809. The van der Waals surface area contributed by atoms with Crippen molar-refractivity contribution in [2.45, 2.75) is 26.5 Å². The van der Waals surface area contributed by atoms with Gasteiger partial charge in [-0.1, -0.05) is 11.6 Å². The Labute approximate surface area is 164 Å². The molecule has 0 bridgehead atoms. The lowest BCUT2D eigenvalue weighted by atomic mass is 10.1. The highest BCUT2D eigenvalue weighted by atomic mass is 35.5.